The Kier molecular flexibility index (Phi) is 27.0. The number of hydrogen-bond donors (Lipinski definition) is 2. The van der Waals surface area contributed by atoms with Gasteiger partial charge in [-0.05, 0) is 88.0 Å². The molecule has 1 saturated heterocycles. The zero-order valence-corrected chi connectivity index (χ0v) is 38.8. The molecule has 0 spiro atoms. The maximum atomic E-state index is 13.2. The van der Waals surface area contributed by atoms with Crippen molar-refractivity contribution < 1.29 is 38.5 Å². The molecule has 10 nitrogen and oxygen atoms in total. The van der Waals surface area contributed by atoms with E-state index >= 15 is 0 Å². The number of nitrogens with one attached hydrogen (secondary N) is 1. The zero-order chi connectivity index (χ0) is 45.8. The SMILES string of the molecule is CC.CC1=C(/C=C/C(C)=C/C=C/C(C)=C/C=C/C=C(C)/C=C/C=C(C)/C=C/C2=C(C)C(=O)C(OCCOCCNC=O)CC2(C)C)C(C)CC(N2CCOCC2)C1=O.O=CO. The molecule has 3 unspecified atom stereocenters. The number of carboxylic acid groups (broad SMARTS) is 1. The van der Waals surface area contributed by atoms with E-state index in [-0.39, 0.29) is 29.5 Å². The third-order valence-corrected chi connectivity index (χ3v) is 10.5. The normalized spacial score (nSPS) is 22.4. The van der Waals surface area contributed by atoms with Crippen LogP contribution in [-0.2, 0) is 33.4 Å². The van der Waals surface area contributed by atoms with Gasteiger partial charge in [0.05, 0.1) is 39.1 Å². The monoisotopic (exact) mass is 843 g/mol. The van der Waals surface area contributed by atoms with Crippen molar-refractivity contribution >= 4 is 24.4 Å². The number of carbonyl (C=O) groups excluding carboxylic acids is 3. The van der Waals surface area contributed by atoms with Crippen LogP contribution in [0.15, 0.2) is 130 Å². The number of hydrogen-bond acceptors (Lipinski definition) is 8. The molecule has 0 radical (unpaired) electrons. The third kappa shape index (κ3) is 20.1. The molecule has 61 heavy (non-hydrogen) atoms. The second-order valence-electron chi connectivity index (χ2n) is 15.8. The number of carbonyl (C=O) groups is 4. The molecule has 1 heterocycles. The quantitative estimate of drug-likeness (QED) is 0.0742. The first-order valence-electron chi connectivity index (χ1n) is 21.5. The van der Waals surface area contributed by atoms with Gasteiger partial charge in [-0.25, -0.2) is 0 Å². The van der Waals surface area contributed by atoms with Crippen molar-refractivity contribution in [3.63, 3.8) is 0 Å². The topological polar surface area (TPSA) is 131 Å². The first-order valence-corrected chi connectivity index (χ1v) is 21.5. The van der Waals surface area contributed by atoms with Gasteiger partial charge in [-0.3, -0.25) is 24.1 Å². The minimum atomic E-state index is -0.485. The highest BCUT2D eigenvalue weighted by Crippen LogP contribution is 2.40. The number of allylic oxidation sites excluding steroid dienone is 20. The van der Waals surface area contributed by atoms with Gasteiger partial charge in [-0.15, -0.1) is 0 Å². The van der Waals surface area contributed by atoms with Crippen LogP contribution in [0.25, 0.3) is 0 Å². The minimum Gasteiger partial charge on any atom is -0.483 e. The molecular weight excluding hydrogens is 769 g/mol. The standard InChI is InChI=1S/C48H66N2O6.C2H6.CH2O2/c1-35(16-12-18-37(3)20-22-42-39(5)32-44(46(52)40(42)6)50-25-28-55-29-26-50)14-10-11-15-36(2)17-13-19-38(4)21-23-43-41(7)47(53)45(33-48(43,8)9)56-31-30-54-27-24-49-34-51;1-2;2-1-3/h10-23,34,39,44-45H,24-33H2,1-9H3,(H,49,51);1-2H3;1H,(H,2,3)/b11-10+,16-12+,17-13+,22-20+,23-21+,35-14+,36-15+,37-18+,38-19+;;. The molecule has 10 heteroatoms. The Labute approximate surface area is 366 Å². The van der Waals surface area contributed by atoms with Gasteiger partial charge in [-0.1, -0.05) is 142 Å². The van der Waals surface area contributed by atoms with E-state index in [2.05, 4.69) is 126 Å². The molecule has 0 bridgehead atoms. The molecule has 0 aromatic carbocycles. The van der Waals surface area contributed by atoms with Crippen LogP contribution in [0, 0.1) is 11.3 Å². The number of ketones is 2. The van der Waals surface area contributed by atoms with Gasteiger partial charge in [0.15, 0.2) is 11.6 Å². The van der Waals surface area contributed by atoms with Crippen molar-refractivity contribution in [3.05, 3.63) is 130 Å². The Morgan fingerprint density at radius 3 is 1.87 bits per heavy atom. The second kappa shape index (κ2) is 30.3. The number of nitrogens with zero attached hydrogens (tertiary/aromatic N) is 1. The lowest BCUT2D eigenvalue weighted by atomic mass is 9.71. The molecule has 0 aromatic heterocycles. The first kappa shape index (κ1) is 54.3. The van der Waals surface area contributed by atoms with E-state index in [0.717, 1.165) is 64.1 Å². The Morgan fingerprint density at radius 1 is 0.787 bits per heavy atom. The highest BCUT2D eigenvalue weighted by atomic mass is 16.5. The number of Topliss-reactive ketones (excluding diaryl/α,β-unsaturated/α-hetero) is 2. The summed E-state index contributed by atoms with van der Waals surface area (Å²) in [4.78, 5) is 47.3. The number of ether oxygens (including phenoxy) is 3. The van der Waals surface area contributed by atoms with E-state index in [1.54, 1.807) is 0 Å². The van der Waals surface area contributed by atoms with Crippen LogP contribution in [0.2, 0.25) is 0 Å². The van der Waals surface area contributed by atoms with Gasteiger partial charge in [0.2, 0.25) is 6.41 Å². The lowest BCUT2D eigenvalue weighted by molar-refractivity contribution is -0.131. The number of rotatable bonds is 19. The van der Waals surface area contributed by atoms with Crippen LogP contribution in [0.1, 0.15) is 89.0 Å². The summed E-state index contributed by atoms with van der Waals surface area (Å²) in [5.74, 6) is 0.616. The maximum absolute atomic E-state index is 13.2. The summed E-state index contributed by atoms with van der Waals surface area (Å²) in [7, 11) is 0. The molecule has 3 rings (SSSR count). The molecule has 0 saturated carbocycles. The average Bonchev–Trinajstić information content (AvgIpc) is 3.23. The van der Waals surface area contributed by atoms with Gasteiger partial charge >= 0.3 is 0 Å². The Morgan fingerprint density at radius 2 is 1.31 bits per heavy atom. The average molecular weight is 843 g/mol. The van der Waals surface area contributed by atoms with Crippen LogP contribution in [0.3, 0.4) is 0 Å². The molecule has 336 valence electrons. The fourth-order valence-corrected chi connectivity index (χ4v) is 7.17. The zero-order valence-electron chi connectivity index (χ0n) is 38.8. The molecule has 2 aliphatic carbocycles. The van der Waals surface area contributed by atoms with Gasteiger partial charge in [0, 0.05) is 19.6 Å². The molecule has 3 atom stereocenters. The van der Waals surface area contributed by atoms with Crippen LogP contribution >= 0.6 is 0 Å². The molecule has 0 aromatic rings. The van der Waals surface area contributed by atoms with Crippen molar-refractivity contribution in [3.8, 4) is 0 Å². The summed E-state index contributed by atoms with van der Waals surface area (Å²) in [5, 5.41) is 9.44. The lowest BCUT2D eigenvalue weighted by Gasteiger charge is -2.38. The largest absolute Gasteiger partial charge is 0.483 e. The van der Waals surface area contributed by atoms with Gasteiger partial charge < -0.3 is 24.6 Å². The van der Waals surface area contributed by atoms with Gasteiger partial charge in [0.1, 0.15) is 6.10 Å². The van der Waals surface area contributed by atoms with Crippen LogP contribution in [0.5, 0.6) is 0 Å². The molecule has 1 amide bonds. The summed E-state index contributed by atoms with van der Waals surface area (Å²) < 4.78 is 16.8. The van der Waals surface area contributed by atoms with Crippen molar-refractivity contribution in [2.45, 2.75) is 101 Å². The summed E-state index contributed by atoms with van der Waals surface area (Å²) in [6.07, 6.45) is 30.7. The van der Waals surface area contributed by atoms with Crippen molar-refractivity contribution in [1.29, 1.82) is 0 Å². The van der Waals surface area contributed by atoms with E-state index in [9.17, 15) is 14.4 Å². The first-order chi connectivity index (χ1) is 29.2. The van der Waals surface area contributed by atoms with E-state index in [0.29, 0.717) is 58.3 Å². The van der Waals surface area contributed by atoms with E-state index in [1.165, 1.54) is 0 Å². The lowest BCUT2D eigenvalue weighted by Crippen LogP contribution is -2.50. The summed E-state index contributed by atoms with van der Waals surface area (Å²) in [6, 6.07) is -0.0246. The fraction of sp³-hybridized carbons (Fsp3) is 0.490. The summed E-state index contributed by atoms with van der Waals surface area (Å²) in [6.45, 7) is 27.1. The van der Waals surface area contributed by atoms with E-state index in [1.807, 2.05) is 45.9 Å². The van der Waals surface area contributed by atoms with E-state index in [4.69, 9.17) is 24.1 Å². The van der Waals surface area contributed by atoms with Crippen molar-refractivity contribution in [2.24, 2.45) is 11.3 Å². The number of morpholine rings is 1. The predicted molar refractivity (Wildman–Crippen MR) is 249 cm³/mol. The Bertz CT molecular complexity index is 1770. The molecule has 1 aliphatic heterocycles. The minimum absolute atomic E-state index is 0.0225. The molecular formula is C51H74N2O8. The Hall–Kier alpha value is -4.74. The summed E-state index contributed by atoms with van der Waals surface area (Å²) in [5.41, 5.74) is 8.08. The van der Waals surface area contributed by atoms with E-state index < -0.39 is 6.10 Å². The smallest absolute Gasteiger partial charge is 0.290 e. The molecule has 1 fully saturated rings. The third-order valence-electron chi connectivity index (χ3n) is 10.5. The number of amides is 1. The maximum Gasteiger partial charge on any atom is 0.290 e. The van der Waals surface area contributed by atoms with Crippen molar-refractivity contribution in [1.82, 2.24) is 10.2 Å². The second-order valence-corrected chi connectivity index (χ2v) is 15.8. The molecule has 2 N–H and O–H groups in total. The van der Waals surface area contributed by atoms with Gasteiger partial charge in [-0.2, -0.15) is 0 Å². The van der Waals surface area contributed by atoms with Crippen molar-refractivity contribution in [2.75, 3.05) is 52.7 Å². The molecule has 3 aliphatic rings. The van der Waals surface area contributed by atoms with Crippen LogP contribution in [-0.4, -0.2) is 99.3 Å². The van der Waals surface area contributed by atoms with Crippen LogP contribution in [0.4, 0.5) is 0 Å². The summed E-state index contributed by atoms with van der Waals surface area (Å²) >= 11 is 0. The predicted octanol–water partition coefficient (Wildman–Crippen LogP) is 9.37. The van der Waals surface area contributed by atoms with Gasteiger partial charge in [0.25, 0.3) is 6.47 Å². The fourth-order valence-electron chi connectivity index (χ4n) is 7.17. The van der Waals surface area contributed by atoms with Crippen LogP contribution < -0.4 is 5.32 Å². The Balaban J connectivity index is 0.00000355. The highest BCUT2D eigenvalue weighted by molar-refractivity contribution is 6.01. The highest BCUT2D eigenvalue weighted by Gasteiger charge is 2.38.